The lowest BCUT2D eigenvalue weighted by atomic mass is 10.1. The predicted octanol–water partition coefficient (Wildman–Crippen LogP) is 20.0. The highest BCUT2D eigenvalue weighted by Gasteiger charge is 2.17. The van der Waals surface area contributed by atoms with Crippen LogP contribution in [-0.2, 0) is 23.8 Å². The van der Waals surface area contributed by atoms with Crippen LogP contribution in [0.5, 0.6) is 0 Å². The highest BCUT2D eigenvalue weighted by Crippen LogP contribution is 2.15. The van der Waals surface area contributed by atoms with E-state index in [-0.39, 0.29) is 25.2 Å². The van der Waals surface area contributed by atoms with Crippen LogP contribution < -0.4 is 0 Å². The summed E-state index contributed by atoms with van der Waals surface area (Å²) >= 11 is 0. The first kappa shape index (κ1) is 65.1. The summed E-state index contributed by atoms with van der Waals surface area (Å²) < 4.78 is 17.4. The molecule has 0 rings (SSSR count). The molecule has 1 unspecified atom stereocenters. The molecule has 0 radical (unpaired) electrons. The largest absolute Gasteiger partial charge is 0.462 e. The molecule has 68 heavy (non-hydrogen) atoms. The summed E-state index contributed by atoms with van der Waals surface area (Å²) in [5.41, 5.74) is 0. The van der Waals surface area contributed by atoms with E-state index in [1.165, 1.54) is 173 Å². The number of ether oxygens (including phenoxy) is 3. The third-order valence-corrected chi connectivity index (χ3v) is 12.4. The second-order valence-electron chi connectivity index (χ2n) is 19.2. The van der Waals surface area contributed by atoms with Crippen molar-refractivity contribution in [3.63, 3.8) is 0 Å². The summed E-state index contributed by atoms with van der Waals surface area (Å²) in [6.07, 6.45) is 77.7. The highest BCUT2D eigenvalue weighted by molar-refractivity contribution is 5.70. The molecule has 1 atom stereocenters. The first-order chi connectivity index (χ1) is 33.6. The van der Waals surface area contributed by atoms with E-state index in [2.05, 4.69) is 99.8 Å². The molecule has 5 nitrogen and oxygen atoms in total. The molecule has 0 aromatic carbocycles. The number of hydrogen-bond donors (Lipinski definition) is 0. The van der Waals surface area contributed by atoms with Crippen LogP contribution in [0.15, 0.2) is 85.1 Å². The minimum Gasteiger partial charge on any atom is -0.462 e. The zero-order chi connectivity index (χ0) is 49.2. The lowest BCUT2D eigenvalue weighted by Crippen LogP contribution is -2.30. The maximum absolute atomic E-state index is 12.8. The summed E-state index contributed by atoms with van der Waals surface area (Å²) in [5, 5.41) is 0. The summed E-state index contributed by atoms with van der Waals surface area (Å²) in [6, 6.07) is 0. The maximum atomic E-state index is 12.8. The van der Waals surface area contributed by atoms with Crippen LogP contribution in [-0.4, -0.2) is 37.9 Å². The van der Waals surface area contributed by atoms with Gasteiger partial charge in [-0.1, -0.05) is 247 Å². The van der Waals surface area contributed by atoms with E-state index in [1.54, 1.807) is 0 Å². The molecule has 0 N–H and O–H groups in total. The number of carbonyl (C=O) groups excluding carboxylic acids is 2. The number of carbonyl (C=O) groups is 2. The summed E-state index contributed by atoms with van der Waals surface area (Å²) in [5.74, 6) is -0.489. The van der Waals surface area contributed by atoms with Crippen molar-refractivity contribution in [2.45, 2.75) is 284 Å². The lowest BCUT2D eigenvalue weighted by molar-refractivity contribution is -0.162. The molecule has 0 aliphatic rings. The number of esters is 2. The van der Waals surface area contributed by atoms with E-state index in [1.807, 2.05) is 6.08 Å². The minimum atomic E-state index is -0.580. The van der Waals surface area contributed by atoms with Gasteiger partial charge in [-0.15, -0.1) is 0 Å². The van der Waals surface area contributed by atoms with Crippen molar-refractivity contribution in [1.82, 2.24) is 0 Å². The third-order valence-electron chi connectivity index (χ3n) is 12.4. The normalized spacial score (nSPS) is 12.8. The first-order valence-corrected chi connectivity index (χ1v) is 29.1. The number of rotatable bonds is 53. The molecule has 0 aromatic rings. The zero-order valence-corrected chi connectivity index (χ0v) is 45.1. The molecule has 0 fully saturated rings. The fraction of sp³-hybridized carbons (Fsp3) is 0.746. The van der Waals surface area contributed by atoms with Gasteiger partial charge in [0, 0.05) is 19.4 Å². The van der Waals surface area contributed by atoms with Crippen LogP contribution in [0.2, 0.25) is 0 Å². The van der Waals surface area contributed by atoms with Crippen molar-refractivity contribution in [3.8, 4) is 0 Å². The summed E-state index contributed by atoms with van der Waals surface area (Å²) in [7, 11) is 0. The molecule has 0 heterocycles. The van der Waals surface area contributed by atoms with Crippen molar-refractivity contribution in [2.75, 3.05) is 19.8 Å². The number of unbranched alkanes of at least 4 members (excludes halogenated alkanes) is 28. The van der Waals surface area contributed by atoms with Crippen molar-refractivity contribution < 1.29 is 23.8 Å². The van der Waals surface area contributed by atoms with Crippen LogP contribution in [0.1, 0.15) is 278 Å². The third kappa shape index (κ3) is 55.7. The Morgan fingerprint density at radius 2 is 0.691 bits per heavy atom. The van der Waals surface area contributed by atoms with Crippen molar-refractivity contribution >= 4 is 11.9 Å². The summed E-state index contributed by atoms with van der Waals surface area (Å²) in [4.78, 5) is 25.5. The molecule has 392 valence electrons. The second kappa shape index (κ2) is 58.4. The molecule has 0 saturated heterocycles. The van der Waals surface area contributed by atoms with Gasteiger partial charge in [-0.25, -0.2) is 0 Å². The van der Waals surface area contributed by atoms with Gasteiger partial charge in [0.2, 0.25) is 0 Å². The van der Waals surface area contributed by atoms with Crippen molar-refractivity contribution in [3.05, 3.63) is 85.1 Å². The molecular formula is C63H110O5. The van der Waals surface area contributed by atoms with Crippen LogP contribution in [0.4, 0.5) is 0 Å². The fourth-order valence-electron chi connectivity index (χ4n) is 8.08. The minimum absolute atomic E-state index is 0.0526. The molecule has 0 aliphatic heterocycles. The Bertz CT molecular complexity index is 1250. The van der Waals surface area contributed by atoms with Crippen LogP contribution in [0, 0.1) is 0 Å². The Labute approximate surface area is 422 Å². The first-order valence-electron chi connectivity index (χ1n) is 29.1. The monoisotopic (exact) mass is 947 g/mol. The van der Waals surface area contributed by atoms with Gasteiger partial charge in [0.05, 0.1) is 6.61 Å². The van der Waals surface area contributed by atoms with Gasteiger partial charge in [0.25, 0.3) is 0 Å². The van der Waals surface area contributed by atoms with E-state index >= 15 is 0 Å². The van der Waals surface area contributed by atoms with Gasteiger partial charge in [-0.05, 0) is 103 Å². The van der Waals surface area contributed by atoms with Gasteiger partial charge in [-0.2, -0.15) is 0 Å². The van der Waals surface area contributed by atoms with Crippen LogP contribution >= 0.6 is 0 Å². The fourth-order valence-corrected chi connectivity index (χ4v) is 8.08. The standard InChI is InChI=1S/C63H110O5/c1-4-7-10-13-16-19-22-25-27-29-31-33-35-37-40-43-46-49-52-55-58-66-59-61(68-63(65)57-54-51-48-45-42-38-24-21-18-15-12-9-6-3)60-67-62(64)56-53-50-47-44-41-39-36-34-32-30-28-26-23-20-17-14-11-8-5-2/h9,12,16,18-19,21,25-28,38,42,48,51,61H,4-8,10-11,13-15,17,20,22-24,29-37,39-41,43-47,49-50,52-60H2,1-3H3/b12-9-,19-16-,21-18-,27-25-,28-26-,42-38-,51-48-. The van der Waals surface area contributed by atoms with E-state index in [9.17, 15) is 9.59 Å². The second-order valence-corrected chi connectivity index (χ2v) is 19.2. The predicted molar refractivity (Wildman–Crippen MR) is 297 cm³/mol. The Morgan fingerprint density at radius 1 is 0.338 bits per heavy atom. The lowest BCUT2D eigenvalue weighted by Gasteiger charge is -2.18. The molecule has 5 heteroatoms. The summed E-state index contributed by atoms with van der Waals surface area (Å²) in [6.45, 7) is 7.62. The Morgan fingerprint density at radius 3 is 1.16 bits per heavy atom. The van der Waals surface area contributed by atoms with Crippen LogP contribution in [0.3, 0.4) is 0 Å². The average Bonchev–Trinajstić information content (AvgIpc) is 3.34. The SMILES string of the molecule is CC/C=C\C/C=C\C/C=C\C/C=C\CCC(=O)OC(COCCCCCCCCCCCC/C=C\C/C=C\CCCCC)COC(=O)CCCCCCCCCCC/C=C\CCCCCCCC. The molecule has 0 amide bonds. The van der Waals surface area contributed by atoms with Gasteiger partial charge in [0.1, 0.15) is 6.61 Å². The van der Waals surface area contributed by atoms with Gasteiger partial charge < -0.3 is 14.2 Å². The maximum Gasteiger partial charge on any atom is 0.306 e. The molecule has 0 aliphatic carbocycles. The zero-order valence-electron chi connectivity index (χ0n) is 45.1. The Hall–Kier alpha value is -2.92. The Balaban J connectivity index is 4.29. The van der Waals surface area contributed by atoms with Crippen molar-refractivity contribution in [2.24, 2.45) is 0 Å². The average molecular weight is 948 g/mol. The topological polar surface area (TPSA) is 61.8 Å². The van der Waals surface area contributed by atoms with E-state index < -0.39 is 6.10 Å². The van der Waals surface area contributed by atoms with E-state index in [0.29, 0.717) is 25.9 Å². The van der Waals surface area contributed by atoms with Crippen LogP contribution in [0.25, 0.3) is 0 Å². The molecular weight excluding hydrogens is 837 g/mol. The number of hydrogen-bond acceptors (Lipinski definition) is 5. The Kier molecular flexibility index (Phi) is 55.9. The smallest absolute Gasteiger partial charge is 0.306 e. The molecule has 0 aromatic heterocycles. The van der Waals surface area contributed by atoms with Crippen molar-refractivity contribution in [1.29, 1.82) is 0 Å². The molecule has 0 saturated carbocycles. The molecule has 0 bridgehead atoms. The van der Waals surface area contributed by atoms with Gasteiger partial charge in [-0.3, -0.25) is 9.59 Å². The number of allylic oxidation sites excluding steroid dienone is 14. The quantitative estimate of drug-likeness (QED) is 0.0345. The van der Waals surface area contributed by atoms with Gasteiger partial charge >= 0.3 is 11.9 Å². The highest BCUT2D eigenvalue weighted by atomic mass is 16.6. The molecule has 0 spiro atoms. The van der Waals surface area contributed by atoms with Gasteiger partial charge in [0.15, 0.2) is 6.10 Å². The van der Waals surface area contributed by atoms with E-state index in [0.717, 1.165) is 64.2 Å². The van der Waals surface area contributed by atoms with E-state index in [4.69, 9.17) is 14.2 Å².